The average molecular weight is 322 g/mol. The van der Waals surface area contributed by atoms with E-state index < -0.39 is 0 Å². The van der Waals surface area contributed by atoms with E-state index in [4.69, 9.17) is 16.3 Å². The summed E-state index contributed by atoms with van der Waals surface area (Å²) in [5, 5.41) is 3.26. The molecule has 4 aromatic rings. The third kappa shape index (κ3) is 2.66. The molecular weight excluding hydrogens is 306 g/mol. The monoisotopic (exact) mass is 321 g/mol. The van der Waals surface area contributed by atoms with Gasteiger partial charge in [-0.3, -0.25) is 0 Å². The van der Waals surface area contributed by atoms with Gasteiger partial charge in [0.15, 0.2) is 0 Å². The number of hydrogen-bond acceptors (Lipinski definition) is 1. The Morgan fingerprint density at radius 2 is 1.43 bits per heavy atom. The number of para-hydroxylation sites is 2. The number of fused-ring (bicyclic) bond motifs is 3. The lowest BCUT2D eigenvalue weighted by Crippen LogP contribution is -2.07. The Morgan fingerprint density at radius 1 is 0.783 bits per heavy atom. The van der Waals surface area contributed by atoms with Gasteiger partial charge >= 0.3 is 0 Å². The van der Waals surface area contributed by atoms with E-state index in [1.54, 1.807) is 0 Å². The number of benzene rings is 3. The summed E-state index contributed by atoms with van der Waals surface area (Å²) in [6.45, 7) is 1.39. The van der Waals surface area contributed by atoms with Crippen LogP contribution in [0.1, 0.15) is 0 Å². The Morgan fingerprint density at radius 3 is 2.09 bits per heavy atom. The summed E-state index contributed by atoms with van der Waals surface area (Å²) in [6, 6.07) is 24.5. The van der Waals surface area contributed by atoms with Crippen molar-refractivity contribution in [1.82, 2.24) is 4.57 Å². The largest absolute Gasteiger partial charge is 0.492 e. The molecular formula is C20H16ClNO. The topological polar surface area (TPSA) is 14.2 Å². The fourth-order valence-electron chi connectivity index (χ4n) is 3.06. The second kappa shape index (κ2) is 5.98. The molecule has 0 aliphatic rings. The zero-order valence-corrected chi connectivity index (χ0v) is 13.3. The Hall–Kier alpha value is -2.45. The van der Waals surface area contributed by atoms with Crippen LogP contribution < -0.4 is 4.74 Å². The minimum Gasteiger partial charge on any atom is -0.492 e. The smallest absolute Gasteiger partial charge is 0.120 e. The van der Waals surface area contributed by atoms with Crippen LogP contribution in [-0.4, -0.2) is 11.2 Å². The van der Waals surface area contributed by atoms with Gasteiger partial charge in [0.25, 0.3) is 0 Å². The molecule has 0 bridgehead atoms. The second-order valence-electron chi connectivity index (χ2n) is 5.49. The summed E-state index contributed by atoms with van der Waals surface area (Å²) in [5.41, 5.74) is 2.48. The SMILES string of the molecule is Clc1cccc(OCCn2c3ccccc3c3ccccc32)c1. The van der Waals surface area contributed by atoms with E-state index >= 15 is 0 Å². The molecule has 3 heteroatoms. The van der Waals surface area contributed by atoms with E-state index in [0.29, 0.717) is 11.6 Å². The van der Waals surface area contributed by atoms with Gasteiger partial charge in [0.05, 0.1) is 6.54 Å². The highest BCUT2D eigenvalue weighted by atomic mass is 35.5. The number of hydrogen-bond donors (Lipinski definition) is 0. The highest BCUT2D eigenvalue weighted by Gasteiger charge is 2.09. The maximum atomic E-state index is 5.99. The van der Waals surface area contributed by atoms with Gasteiger partial charge in [0.2, 0.25) is 0 Å². The van der Waals surface area contributed by atoms with Crippen molar-refractivity contribution in [3.63, 3.8) is 0 Å². The predicted octanol–water partition coefficient (Wildman–Crippen LogP) is 5.53. The Labute approximate surface area is 139 Å². The van der Waals surface area contributed by atoms with Gasteiger partial charge in [-0.05, 0) is 30.3 Å². The molecule has 0 N–H and O–H groups in total. The standard InChI is InChI=1S/C20H16ClNO/c21-15-6-5-7-16(14-15)23-13-12-22-19-10-3-1-8-17(19)18-9-2-4-11-20(18)22/h1-11,14H,12-13H2. The van der Waals surface area contributed by atoms with Gasteiger partial charge in [0.1, 0.15) is 12.4 Å². The average Bonchev–Trinajstić information content (AvgIpc) is 2.90. The molecule has 0 saturated heterocycles. The molecule has 4 rings (SSSR count). The van der Waals surface area contributed by atoms with E-state index in [2.05, 4.69) is 53.1 Å². The third-order valence-corrected chi connectivity index (χ3v) is 4.29. The lowest BCUT2D eigenvalue weighted by Gasteiger charge is -2.10. The van der Waals surface area contributed by atoms with Gasteiger partial charge < -0.3 is 9.30 Å². The van der Waals surface area contributed by atoms with Gasteiger partial charge in [-0.1, -0.05) is 54.1 Å². The van der Waals surface area contributed by atoms with Crippen molar-refractivity contribution in [2.45, 2.75) is 6.54 Å². The van der Waals surface area contributed by atoms with E-state index in [1.165, 1.54) is 21.8 Å². The molecule has 0 fully saturated rings. The van der Waals surface area contributed by atoms with Crippen LogP contribution in [0.5, 0.6) is 5.75 Å². The quantitative estimate of drug-likeness (QED) is 0.482. The molecule has 23 heavy (non-hydrogen) atoms. The van der Waals surface area contributed by atoms with Crippen molar-refractivity contribution in [3.8, 4) is 5.75 Å². The lowest BCUT2D eigenvalue weighted by molar-refractivity contribution is 0.302. The van der Waals surface area contributed by atoms with Crippen LogP contribution in [0.25, 0.3) is 21.8 Å². The molecule has 114 valence electrons. The molecule has 0 spiro atoms. The van der Waals surface area contributed by atoms with Crippen molar-refractivity contribution in [2.24, 2.45) is 0 Å². The van der Waals surface area contributed by atoms with Crippen molar-refractivity contribution in [2.75, 3.05) is 6.61 Å². The predicted molar refractivity (Wildman–Crippen MR) is 96.4 cm³/mol. The highest BCUT2D eigenvalue weighted by Crippen LogP contribution is 2.28. The molecule has 0 aliphatic carbocycles. The Bertz CT molecular complexity index is 920. The molecule has 1 aromatic heterocycles. The Balaban J connectivity index is 1.65. The van der Waals surface area contributed by atoms with Crippen molar-refractivity contribution in [3.05, 3.63) is 77.8 Å². The van der Waals surface area contributed by atoms with Gasteiger partial charge in [0, 0.05) is 26.8 Å². The first kappa shape index (κ1) is 14.2. The first-order valence-corrected chi connectivity index (χ1v) is 8.05. The van der Waals surface area contributed by atoms with Crippen LogP contribution in [0.15, 0.2) is 72.8 Å². The van der Waals surface area contributed by atoms with Gasteiger partial charge in [-0.25, -0.2) is 0 Å². The highest BCUT2D eigenvalue weighted by molar-refractivity contribution is 6.30. The summed E-state index contributed by atoms with van der Waals surface area (Å²) in [5.74, 6) is 0.804. The zero-order valence-electron chi connectivity index (χ0n) is 12.6. The van der Waals surface area contributed by atoms with Crippen LogP contribution in [0.3, 0.4) is 0 Å². The summed E-state index contributed by atoms with van der Waals surface area (Å²) in [7, 11) is 0. The van der Waals surface area contributed by atoms with Crippen LogP contribution in [0.2, 0.25) is 5.02 Å². The molecule has 0 atom stereocenters. The number of rotatable bonds is 4. The summed E-state index contributed by atoms with van der Waals surface area (Å²) >= 11 is 5.99. The Kier molecular flexibility index (Phi) is 3.68. The van der Waals surface area contributed by atoms with Crippen LogP contribution in [0, 0.1) is 0 Å². The first-order valence-electron chi connectivity index (χ1n) is 7.67. The van der Waals surface area contributed by atoms with Gasteiger partial charge in [-0.15, -0.1) is 0 Å². The van der Waals surface area contributed by atoms with Crippen LogP contribution >= 0.6 is 11.6 Å². The molecule has 3 aromatic carbocycles. The minimum atomic E-state index is 0.600. The van der Waals surface area contributed by atoms with Crippen molar-refractivity contribution >= 4 is 33.4 Å². The molecule has 0 aliphatic heterocycles. The van der Waals surface area contributed by atoms with E-state index in [-0.39, 0.29) is 0 Å². The number of halogens is 1. The molecule has 0 radical (unpaired) electrons. The van der Waals surface area contributed by atoms with Crippen molar-refractivity contribution < 1.29 is 4.74 Å². The zero-order chi connectivity index (χ0) is 15.6. The summed E-state index contributed by atoms with van der Waals surface area (Å²) in [4.78, 5) is 0. The van der Waals surface area contributed by atoms with E-state index in [0.717, 1.165) is 12.3 Å². The second-order valence-corrected chi connectivity index (χ2v) is 5.93. The van der Waals surface area contributed by atoms with Gasteiger partial charge in [-0.2, -0.15) is 0 Å². The number of ether oxygens (including phenoxy) is 1. The molecule has 2 nitrogen and oxygen atoms in total. The fourth-order valence-corrected chi connectivity index (χ4v) is 3.24. The van der Waals surface area contributed by atoms with Crippen molar-refractivity contribution in [1.29, 1.82) is 0 Å². The van der Waals surface area contributed by atoms with E-state index in [9.17, 15) is 0 Å². The fraction of sp³-hybridized carbons (Fsp3) is 0.100. The molecule has 0 amide bonds. The molecule has 1 heterocycles. The maximum absolute atomic E-state index is 5.99. The maximum Gasteiger partial charge on any atom is 0.120 e. The summed E-state index contributed by atoms with van der Waals surface area (Å²) in [6.07, 6.45) is 0. The van der Waals surface area contributed by atoms with Crippen LogP contribution in [0.4, 0.5) is 0 Å². The lowest BCUT2D eigenvalue weighted by atomic mass is 10.2. The number of aromatic nitrogens is 1. The molecule has 0 saturated carbocycles. The first-order chi connectivity index (χ1) is 11.3. The van der Waals surface area contributed by atoms with E-state index in [1.807, 2.05) is 24.3 Å². The summed E-state index contributed by atoms with van der Waals surface area (Å²) < 4.78 is 8.17. The molecule has 0 unspecified atom stereocenters. The van der Waals surface area contributed by atoms with Crippen LogP contribution in [-0.2, 0) is 6.54 Å². The number of nitrogens with zero attached hydrogens (tertiary/aromatic N) is 1. The normalized spacial score (nSPS) is 11.2. The third-order valence-electron chi connectivity index (χ3n) is 4.06. The minimum absolute atomic E-state index is 0.600.